The average Bonchev–Trinajstić information content (AvgIpc) is 2.41. The maximum Gasteiger partial charge on any atom is 0.264 e. The van der Waals surface area contributed by atoms with Crippen LogP contribution >= 0.6 is 0 Å². The van der Waals surface area contributed by atoms with E-state index in [-0.39, 0.29) is 6.10 Å². The van der Waals surface area contributed by atoms with E-state index in [4.69, 9.17) is 8.92 Å². The lowest BCUT2D eigenvalue weighted by Gasteiger charge is -2.23. The first kappa shape index (κ1) is 18.1. The second-order valence-corrected chi connectivity index (χ2v) is 6.89. The molecule has 1 aromatic carbocycles. The van der Waals surface area contributed by atoms with E-state index in [0.29, 0.717) is 6.61 Å². The highest BCUT2D eigenvalue weighted by atomic mass is 32.2. The highest BCUT2D eigenvalue weighted by molar-refractivity contribution is 7.86. The van der Waals surface area contributed by atoms with Crippen LogP contribution in [0.1, 0.15) is 38.7 Å². The summed E-state index contributed by atoms with van der Waals surface area (Å²) in [5.74, 6) is 0. The predicted octanol–water partition coefficient (Wildman–Crippen LogP) is 3.17. The Kier molecular flexibility index (Phi) is 7.93. The number of ether oxygens (including phenoxy) is 1. The van der Waals surface area contributed by atoms with Crippen LogP contribution in [0.5, 0.6) is 0 Å². The molecule has 120 valence electrons. The van der Waals surface area contributed by atoms with E-state index in [2.05, 4.69) is 19.1 Å². The van der Waals surface area contributed by atoms with Crippen LogP contribution in [0.15, 0.2) is 30.3 Å². The fraction of sp³-hybridized carbons (Fsp3) is 0.625. The molecule has 0 bridgehead atoms. The van der Waals surface area contributed by atoms with Gasteiger partial charge in [-0.05, 0) is 25.3 Å². The third-order valence-electron chi connectivity index (χ3n) is 3.26. The summed E-state index contributed by atoms with van der Waals surface area (Å²) >= 11 is 0. The van der Waals surface area contributed by atoms with Crippen molar-refractivity contribution in [2.75, 3.05) is 12.9 Å². The maximum atomic E-state index is 11.2. The van der Waals surface area contributed by atoms with Gasteiger partial charge in [0.05, 0.1) is 19.0 Å². The SMILES string of the molecule is CCCC[C@@H](OCCc1ccccc1)[C@@H](C)OS(C)(=O)=O. The normalized spacial score (nSPS) is 14.8. The lowest BCUT2D eigenvalue weighted by atomic mass is 10.1. The molecule has 0 unspecified atom stereocenters. The lowest BCUT2D eigenvalue weighted by Crippen LogP contribution is -2.31. The van der Waals surface area contributed by atoms with Crippen LogP contribution in [-0.2, 0) is 25.5 Å². The summed E-state index contributed by atoms with van der Waals surface area (Å²) in [5.41, 5.74) is 1.21. The topological polar surface area (TPSA) is 52.6 Å². The minimum absolute atomic E-state index is 0.191. The van der Waals surface area contributed by atoms with Crippen molar-refractivity contribution in [3.63, 3.8) is 0 Å². The van der Waals surface area contributed by atoms with Crippen LogP contribution in [-0.4, -0.2) is 33.5 Å². The third kappa shape index (κ3) is 8.19. The average molecular weight is 314 g/mol. The van der Waals surface area contributed by atoms with Crippen molar-refractivity contribution in [1.82, 2.24) is 0 Å². The van der Waals surface area contributed by atoms with E-state index in [1.54, 1.807) is 6.92 Å². The molecule has 21 heavy (non-hydrogen) atoms. The second-order valence-electron chi connectivity index (χ2n) is 5.29. The first-order valence-corrected chi connectivity index (χ1v) is 9.28. The Labute approximate surface area is 128 Å². The van der Waals surface area contributed by atoms with Crippen molar-refractivity contribution in [2.24, 2.45) is 0 Å². The molecule has 1 aromatic rings. The zero-order valence-corrected chi connectivity index (χ0v) is 13.9. The fourth-order valence-corrected chi connectivity index (χ4v) is 2.84. The van der Waals surface area contributed by atoms with Crippen molar-refractivity contribution < 1.29 is 17.3 Å². The first-order valence-electron chi connectivity index (χ1n) is 7.46. The van der Waals surface area contributed by atoms with Crippen molar-refractivity contribution >= 4 is 10.1 Å². The molecule has 5 heteroatoms. The first-order chi connectivity index (χ1) is 9.92. The number of rotatable bonds is 10. The molecule has 2 atom stereocenters. The summed E-state index contributed by atoms with van der Waals surface area (Å²) < 4.78 is 33.4. The van der Waals surface area contributed by atoms with Crippen LogP contribution in [0.4, 0.5) is 0 Å². The number of unbranched alkanes of at least 4 members (excludes halogenated alkanes) is 1. The highest BCUT2D eigenvalue weighted by Gasteiger charge is 2.22. The Morgan fingerprint density at radius 3 is 2.43 bits per heavy atom. The van der Waals surface area contributed by atoms with Crippen molar-refractivity contribution in [2.45, 2.75) is 51.7 Å². The van der Waals surface area contributed by atoms with E-state index in [1.165, 1.54) is 5.56 Å². The molecule has 0 saturated carbocycles. The van der Waals surface area contributed by atoms with E-state index in [9.17, 15) is 8.42 Å². The summed E-state index contributed by atoms with van der Waals surface area (Å²) in [6.45, 7) is 4.42. The number of hydrogen-bond donors (Lipinski definition) is 0. The predicted molar refractivity (Wildman–Crippen MR) is 84.8 cm³/mol. The second kappa shape index (κ2) is 9.18. The van der Waals surface area contributed by atoms with Gasteiger partial charge >= 0.3 is 0 Å². The molecule has 0 aromatic heterocycles. The smallest absolute Gasteiger partial charge is 0.264 e. The van der Waals surface area contributed by atoms with Gasteiger partial charge in [0.2, 0.25) is 0 Å². The third-order valence-corrected chi connectivity index (χ3v) is 3.91. The molecule has 0 heterocycles. The van der Waals surface area contributed by atoms with Gasteiger partial charge in [0.15, 0.2) is 0 Å². The van der Waals surface area contributed by atoms with E-state index in [0.717, 1.165) is 31.9 Å². The van der Waals surface area contributed by atoms with Crippen molar-refractivity contribution in [3.8, 4) is 0 Å². The maximum absolute atomic E-state index is 11.2. The highest BCUT2D eigenvalue weighted by Crippen LogP contribution is 2.14. The molecule has 0 fully saturated rings. The quantitative estimate of drug-likeness (QED) is 0.622. The fourth-order valence-electron chi connectivity index (χ4n) is 2.17. The summed E-state index contributed by atoms with van der Waals surface area (Å²) in [6, 6.07) is 10.1. The molecule has 0 saturated heterocycles. The minimum atomic E-state index is -3.45. The van der Waals surface area contributed by atoms with E-state index < -0.39 is 16.2 Å². The van der Waals surface area contributed by atoms with E-state index in [1.807, 2.05) is 18.2 Å². The van der Waals surface area contributed by atoms with Gasteiger partial charge in [0.1, 0.15) is 6.10 Å². The summed E-state index contributed by atoms with van der Waals surface area (Å²) in [7, 11) is -3.45. The molecule has 0 spiro atoms. The van der Waals surface area contributed by atoms with Gasteiger partial charge in [-0.3, -0.25) is 4.18 Å². The standard InChI is InChI=1S/C16H26O4S/c1-4-5-11-16(14(2)20-21(3,17)18)19-13-12-15-9-7-6-8-10-15/h6-10,14,16H,4-5,11-13H2,1-3H3/t14-,16-/m1/s1. The largest absolute Gasteiger partial charge is 0.375 e. The molecular weight excluding hydrogens is 288 g/mol. The summed E-state index contributed by atoms with van der Waals surface area (Å²) in [6.07, 6.45) is 4.09. The molecule has 0 aliphatic carbocycles. The molecular formula is C16H26O4S. The number of benzene rings is 1. The summed E-state index contributed by atoms with van der Waals surface area (Å²) in [5, 5.41) is 0. The zero-order chi connectivity index (χ0) is 15.7. The summed E-state index contributed by atoms with van der Waals surface area (Å²) in [4.78, 5) is 0. The van der Waals surface area contributed by atoms with Crippen LogP contribution in [0.2, 0.25) is 0 Å². The number of hydrogen-bond acceptors (Lipinski definition) is 4. The molecule has 4 nitrogen and oxygen atoms in total. The van der Waals surface area contributed by atoms with Gasteiger partial charge in [-0.15, -0.1) is 0 Å². The molecule has 1 rings (SSSR count). The van der Waals surface area contributed by atoms with Gasteiger partial charge in [0, 0.05) is 0 Å². The Morgan fingerprint density at radius 2 is 1.86 bits per heavy atom. The van der Waals surface area contributed by atoms with Gasteiger partial charge in [-0.2, -0.15) is 8.42 Å². The van der Waals surface area contributed by atoms with Crippen LogP contribution in [0, 0.1) is 0 Å². The Balaban J connectivity index is 2.49. The monoisotopic (exact) mass is 314 g/mol. The van der Waals surface area contributed by atoms with Gasteiger partial charge < -0.3 is 4.74 Å². The van der Waals surface area contributed by atoms with Crippen LogP contribution < -0.4 is 0 Å². The zero-order valence-electron chi connectivity index (χ0n) is 13.1. The Hall–Kier alpha value is -0.910. The van der Waals surface area contributed by atoms with Gasteiger partial charge in [-0.25, -0.2) is 0 Å². The lowest BCUT2D eigenvalue weighted by molar-refractivity contribution is -0.0203. The van der Waals surface area contributed by atoms with Gasteiger partial charge in [-0.1, -0.05) is 50.1 Å². The Bertz CT molecular complexity index is 484. The van der Waals surface area contributed by atoms with Crippen molar-refractivity contribution in [1.29, 1.82) is 0 Å². The molecule has 0 radical (unpaired) electrons. The van der Waals surface area contributed by atoms with Crippen LogP contribution in [0.25, 0.3) is 0 Å². The Morgan fingerprint density at radius 1 is 1.19 bits per heavy atom. The van der Waals surface area contributed by atoms with Crippen molar-refractivity contribution in [3.05, 3.63) is 35.9 Å². The van der Waals surface area contributed by atoms with Crippen LogP contribution in [0.3, 0.4) is 0 Å². The molecule has 0 aliphatic heterocycles. The molecule has 0 aliphatic rings. The molecule has 0 N–H and O–H groups in total. The van der Waals surface area contributed by atoms with E-state index >= 15 is 0 Å². The van der Waals surface area contributed by atoms with Gasteiger partial charge in [0.25, 0.3) is 10.1 Å². The molecule has 0 amide bonds. The minimum Gasteiger partial charge on any atom is -0.375 e.